The molecule has 0 spiro atoms. The molecule has 0 aliphatic heterocycles. The molecule has 0 saturated carbocycles. The summed E-state index contributed by atoms with van der Waals surface area (Å²) in [4.78, 5) is 19.3. The Kier molecular flexibility index (Phi) is 6.28. The van der Waals surface area contributed by atoms with Gasteiger partial charge in [0.2, 0.25) is 0 Å². The Morgan fingerprint density at radius 2 is 2.06 bits per heavy atom. The summed E-state index contributed by atoms with van der Waals surface area (Å²) in [5.41, 5.74) is 0.792. The molecule has 102 valence electrons. The largest absolute Gasteiger partial charge is 0.371 e. The fraction of sp³-hybridized carbons (Fsp3) is 0.692. The topological polar surface area (TPSA) is 55.0 Å². The van der Waals surface area contributed by atoms with Crippen LogP contribution in [0.3, 0.4) is 0 Å². The number of H-pyrrole nitrogens is 1. The van der Waals surface area contributed by atoms with E-state index in [1.165, 1.54) is 0 Å². The molecule has 1 aromatic heterocycles. The summed E-state index contributed by atoms with van der Waals surface area (Å²) < 4.78 is 6.34. The van der Waals surface area contributed by atoms with E-state index in [1.54, 1.807) is 0 Å². The van der Waals surface area contributed by atoms with Crippen molar-refractivity contribution in [2.24, 2.45) is 0 Å². The summed E-state index contributed by atoms with van der Waals surface area (Å²) in [6.45, 7) is 8.76. The molecule has 1 heterocycles. The molecule has 18 heavy (non-hydrogen) atoms. The lowest BCUT2D eigenvalue weighted by molar-refractivity contribution is 0.0489. The second kappa shape index (κ2) is 7.23. The minimum atomic E-state index is -0.109. The average Bonchev–Trinajstić information content (AvgIpc) is 2.32. The van der Waals surface area contributed by atoms with Gasteiger partial charge in [-0.25, -0.2) is 4.98 Å². The van der Waals surface area contributed by atoms with Crippen LogP contribution < -0.4 is 5.56 Å². The minimum absolute atomic E-state index is 0.0647. The molecule has 0 bridgehead atoms. The van der Waals surface area contributed by atoms with E-state index in [-0.39, 0.29) is 17.6 Å². The van der Waals surface area contributed by atoms with Crippen LogP contribution in [0.1, 0.15) is 64.1 Å². The lowest BCUT2D eigenvalue weighted by Crippen LogP contribution is -2.22. The predicted molar refractivity (Wildman–Crippen MR) is 80.9 cm³/mol. The van der Waals surface area contributed by atoms with Crippen LogP contribution in [0.15, 0.2) is 4.79 Å². The normalized spacial score (nSPS) is 13.0. The first kappa shape index (κ1) is 15.6. The highest BCUT2D eigenvalue weighted by molar-refractivity contribution is 14.1. The van der Waals surface area contributed by atoms with Crippen molar-refractivity contribution in [2.45, 2.75) is 52.6 Å². The van der Waals surface area contributed by atoms with E-state index in [0.717, 1.165) is 18.5 Å². The van der Waals surface area contributed by atoms with Crippen LogP contribution in [-0.2, 0) is 4.74 Å². The first-order valence-electron chi connectivity index (χ1n) is 6.42. The third-order valence-electron chi connectivity index (χ3n) is 2.68. The number of hydrogen-bond acceptors (Lipinski definition) is 3. The van der Waals surface area contributed by atoms with Crippen molar-refractivity contribution < 1.29 is 4.74 Å². The number of aromatic nitrogens is 2. The summed E-state index contributed by atoms with van der Waals surface area (Å²) in [6, 6.07) is 0. The SMILES string of the molecule is CCCC(OCC)c1nc(C(C)C)c(I)c(=O)[nH]1. The van der Waals surface area contributed by atoms with Gasteiger partial charge in [-0.3, -0.25) is 4.79 Å². The van der Waals surface area contributed by atoms with Crippen molar-refractivity contribution in [1.82, 2.24) is 9.97 Å². The zero-order valence-corrected chi connectivity index (χ0v) is 13.6. The number of ether oxygens (including phenoxy) is 1. The molecule has 1 unspecified atom stereocenters. The van der Waals surface area contributed by atoms with E-state index in [1.807, 2.05) is 20.8 Å². The third kappa shape index (κ3) is 3.78. The number of rotatable bonds is 6. The van der Waals surface area contributed by atoms with Crippen molar-refractivity contribution >= 4 is 22.6 Å². The van der Waals surface area contributed by atoms with Crippen molar-refractivity contribution in [1.29, 1.82) is 0 Å². The molecule has 0 aromatic carbocycles. The van der Waals surface area contributed by atoms with E-state index >= 15 is 0 Å². The Labute approximate surface area is 122 Å². The van der Waals surface area contributed by atoms with Gasteiger partial charge in [-0.15, -0.1) is 0 Å². The molecule has 0 aliphatic carbocycles. The van der Waals surface area contributed by atoms with Gasteiger partial charge in [0, 0.05) is 6.61 Å². The van der Waals surface area contributed by atoms with E-state index in [9.17, 15) is 4.79 Å². The van der Waals surface area contributed by atoms with Crippen LogP contribution in [0.2, 0.25) is 0 Å². The Morgan fingerprint density at radius 3 is 2.56 bits per heavy atom. The van der Waals surface area contributed by atoms with Gasteiger partial charge in [0.05, 0.1) is 9.26 Å². The van der Waals surface area contributed by atoms with Gasteiger partial charge in [-0.2, -0.15) is 0 Å². The van der Waals surface area contributed by atoms with E-state index < -0.39 is 0 Å². The smallest absolute Gasteiger partial charge is 0.264 e. The van der Waals surface area contributed by atoms with Crippen LogP contribution in [-0.4, -0.2) is 16.6 Å². The van der Waals surface area contributed by atoms with E-state index in [2.05, 4.69) is 39.5 Å². The van der Waals surface area contributed by atoms with Crippen LogP contribution in [0.4, 0.5) is 0 Å². The predicted octanol–water partition coefficient (Wildman–Crippen LogP) is 3.38. The zero-order valence-electron chi connectivity index (χ0n) is 11.4. The summed E-state index contributed by atoms with van der Waals surface area (Å²) in [6.07, 6.45) is 1.76. The van der Waals surface area contributed by atoms with Crippen LogP contribution in [0.5, 0.6) is 0 Å². The first-order chi connectivity index (χ1) is 8.51. The summed E-state index contributed by atoms with van der Waals surface area (Å²) in [7, 11) is 0. The highest BCUT2D eigenvalue weighted by Gasteiger charge is 2.18. The van der Waals surface area contributed by atoms with Gasteiger partial charge in [0.25, 0.3) is 5.56 Å². The summed E-state index contributed by atoms with van der Waals surface area (Å²) in [5, 5.41) is 0. The van der Waals surface area contributed by atoms with Crippen LogP contribution in [0, 0.1) is 3.57 Å². The van der Waals surface area contributed by atoms with Gasteiger partial charge < -0.3 is 9.72 Å². The maximum atomic E-state index is 11.9. The highest BCUT2D eigenvalue weighted by atomic mass is 127. The quantitative estimate of drug-likeness (QED) is 0.788. The number of nitrogens with zero attached hydrogens (tertiary/aromatic N) is 1. The molecular weight excluding hydrogens is 343 g/mol. The van der Waals surface area contributed by atoms with E-state index in [0.29, 0.717) is 16.0 Å². The lowest BCUT2D eigenvalue weighted by Gasteiger charge is -2.17. The molecule has 0 aliphatic rings. The van der Waals surface area contributed by atoms with Crippen LogP contribution in [0.25, 0.3) is 0 Å². The van der Waals surface area contributed by atoms with Crippen molar-refractivity contribution in [2.75, 3.05) is 6.61 Å². The number of halogens is 1. The Balaban J connectivity index is 3.19. The van der Waals surface area contributed by atoms with Crippen LogP contribution >= 0.6 is 22.6 Å². The maximum Gasteiger partial charge on any atom is 0.264 e. The second-order valence-electron chi connectivity index (χ2n) is 4.54. The Morgan fingerprint density at radius 1 is 1.39 bits per heavy atom. The second-order valence-corrected chi connectivity index (χ2v) is 5.62. The third-order valence-corrected chi connectivity index (χ3v) is 3.72. The molecule has 0 fully saturated rings. The monoisotopic (exact) mass is 364 g/mol. The fourth-order valence-corrected chi connectivity index (χ4v) is 2.67. The fourth-order valence-electron chi connectivity index (χ4n) is 1.79. The summed E-state index contributed by atoms with van der Waals surface area (Å²) >= 11 is 2.06. The molecule has 1 aromatic rings. The molecule has 1 rings (SSSR count). The molecule has 0 saturated heterocycles. The summed E-state index contributed by atoms with van der Waals surface area (Å²) in [5.74, 6) is 0.898. The standard InChI is InChI=1S/C13H21IN2O2/c1-5-7-9(18-6-2)12-15-11(8(3)4)10(14)13(17)16-12/h8-9H,5-7H2,1-4H3,(H,15,16,17). The number of hydrogen-bond donors (Lipinski definition) is 1. The average molecular weight is 364 g/mol. The molecule has 1 atom stereocenters. The van der Waals surface area contributed by atoms with Gasteiger partial charge in [0.15, 0.2) is 0 Å². The number of nitrogens with one attached hydrogen (secondary N) is 1. The maximum absolute atomic E-state index is 11.9. The van der Waals surface area contributed by atoms with Gasteiger partial charge in [0.1, 0.15) is 11.9 Å². The zero-order chi connectivity index (χ0) is 13.7. The van der Waals surface area contributed by atoms with Gasteiger partial charge >= 0.3 is 0 Å². The molecule has 1 N–H and O–H groups in total. The Bertz CT molecular complexity index is 437. The van der Waals surface area contributed by atoms with Crippen molar-refractivity contribution in [3.8, 4) is 0 Å². The lowest BCUT2D eigenvalue weighted by atomic mass is 10.1. The molecular formula is C13H21IN2O2. The Hall–Kier alpha value is -0.430. The first-order valence-corrected chi connectivity index (χ1v) is 7.50. The van der Waals surface area contributed by atoms with Crippen molar-refractivity contribution in [3.05, 3.63) is 25.4 Å². The van der Waals surface area contributed by atoms with E-state index in [4.69, 9.17) is 4.74 Å². The molecule has 4 nitrogen and oxygen atoms in total. The molecule has 5 heteroatoms. The minimum Gasteiger partial charge on any atom is -0.371 e. The van der Waals surface area contributed by atoms with Gasteiger partial charge in [-0.05, 0) is 41.9 Å². The molecule has 0 radical (unpaired) electrons. The highest BCUT2D eigenvalue weighted by Crippen LogP contribution is 2.22. The molecule has 0 amide bonds. The number of aromatic amines is 1. The van der Waals surface area contributed by atoms with Crippen molar-refractivity contribution in [3.63, 3.8) is 0 Å². The van der Waals surface area contributed by atoms with Gasteiger partial charge in [-0.1, -0.05) is 27.2 Å².